The number of piperidine rings is 1. The number of nitrogens with zero attached hydrogens (tertiary/aromatic N) is 1. The van der Waals surface area contributed by atoms with Crippen LogP contribution in [-0.4, -0.2) is 59.9 Å². The first-order chi connectivity index (χ1) is 14.2. The molecule has 2 heterocycles. The highest BCUT2D eigenvalue weighted by Crippen LogP contribution is 2.49. The zero-order chi connectivity index (χ0) is 22.1. The number of carbonyl (C=O) groups excluding carboxylic acids is 3. The molecule has 8 heteroatoms. The quantitative estimate of drug-likeness (QED) is 0.509. The highest BCUT2D eigenvalue weighted by atomic mass is 16.6. The van der Waals surface area contributed by atoms with Crippen LogP contribution in [-0.2, 0) is 35.1 Å². The number of hydrogen-bond donors (Lipinski definition) is 1. The van der Waals surface area contributed by atoms with E-state index in [4.69, 9.17) is 14.2 Å². The summed E-state index contributed by atoms with van der Waals surface area (Å²) in [6, 6.07) is 9.43. The van der Waals surface area contributed by atoms with Gasteiger partial charge in [0.1, 0.15) is 11.8 Å². The number of esters is 1. The normalized spacial score (nSPS) is 28.7. The van der Waals surface area contributed by atoms with E-state index in [1.807, 2.05) is 30.3 Å². The van der Waals surface area contributed by atoms with E-state index in [9.17, 15) is 14.4 Å². The lowest BCUT2D eigenvalue weighted by molar-refractivity contribution is -0.188. The summed E-state index contributed by atoms with van der Waals surface area (Å²) in [5, 5.41) is 2.80. The maximum Gasteiger partial charge on any atom is 0.352 e. The van der Waals surface area contributed by atoms with Crippen LogP contribution in [0.1, 0.15) is 39.7 Å². The van der Waals surface area contributed by atoms with Gasteiger partial charge in [-0.05, 0) is 25.3 Å². The monoisotopic (exact) mass is 418 g/mol. The Morgan fingerprint density at radius 3 is 2.53 bits per heavy atom. The average molecular weight is 418 g/mol. The van der Waals surface area contributed by atoms with Gasteiger partial charge in [0.15, 0.2) is 6.10 Å². The van der Waals surface area contributed by atoms with Crippen molar-refractivity contribution in [1.29, 1.82) is 0 Å². The van der Waals surface area contributed by atoms with Crippen molar-refractivity contribution in [1.82, 2.24) is 10.2 Å². The van der Waals surface area contributed by atoms with Crippen LogP contribution in [0.5, 0.6) is 0 Å². The Bertz CT molecular complexity index is 813. The zero-order valence-corrected chi connectivity index (χ0v) is 18.1. The molecule has 2 aliphatic rings. The van der Waals surface area contributed by atoms with E-state index in [0.717, 1.165) is 5.56 Å². The Labute approximate surface area is 176 Å². The number of fused-ring (bicyclic) bond motifs is 2. The lowest BCUT2D eigenvalue weighted by atomic mass is 9.89. The van der Waals surface area contributed by atoms with Crippen LogP contribution in [0, 0.1) is 5.92 Å². The van der Waals surface area contributed by atoms with Crippen LogP contribution in [0.4, 0.5) is 0 Å². The SMILES string of the molecule is CCO[C@@H]1C[C@@]2(C)O[C@]1(C(=O)O[C@H](C(=O)NCc1ccccc1)C(C)C)C(=O)N2C. The molecule has 1 aromatic carbocycles. The summed E-state index contributed by atoms with van der Waals surface area (Å²) in [4.78, 5) is 40.4. The Kier molecular flexibility index (Phi) is 6.19. The van der Waals surface area contributed by atoms with Gasteiger partial charge in [-0.25, -0.2) is 4.79 Å². The van der Waals surface area contributed by atoms with Crippen molar-refractivity contribution < 1.29 is 28.6 Å². The molecule has 0 unspecified atom stereocenters. The van der Waals surface area contributed by atoms with Gasteiger partial charge in [0.2, 0.25) is 0 Å². The molecule has 2 aliphatic heterocycles. The Morgan fingerprint density at radius 2 is 1.97 bits per heavy atom. The van der Waals surface area contributed by atoms with Crippen molar-refractivity contribution in [2.45, 2.75) is 64.2 Å². The Balaban J connectivity index is 1.77. The molecular formula is C22H30N2O6. The molecule has 3 rings (SSSR count). The van der Waals surface area contributed by atoms with E-state index in [2.05, 4.69) is 5.32 Å². The molecule has 4 atom stereocenters. The van der Waals surface area contributed by atoms with E-state index in [0.29, 0.717) is 19.6 Å². The summed E-state index contributed by atoms with van der Waals surface area (Å²) >= 11 is 0. The van der Waals surface area contributed by atoms with Gasteiger partial charge in [-0.3, -0.25) is 9.59 Å². The summed E-state index contributed by atoms with van der Waals surface area (Å²) in [6.07, 6.45) is -1.47. The van der Waals surface area contributed by atoms with E-state index in [1.54, 1.807) is 34.7 Å². The second-order valence-electron chi connectivity index (χ2n) is 8.30. The topological polar surface area (TPSA) is 94.2 Å². The number of rotatable bonds is 8. The van der Waals surface area contributed by atoms with Crippen molar-refractivity contribution in [3.8, 4) is 0 Å². The van der Waals surface area contributed by atoms with Gasteiger partial charge in [-0.2, -0.15) is 0 Å². The van der Waals surface area contributed by atoms with Crippen LogP contribution in [0.25, 0.3) is 0 Å². The minimum atomic E-state index is -1.88. The minimum absolute atomic E-state index is 0.298. The summed E-state index contributed by atoms with van der Waals surface area (Å²) in [7, 11) is 1.59. The Hall–Kier alpha value is -2.45. The van der Waals surface area contributed by atoms with Crippen LogP contribution >= 0.6 is 0 Å². The number of likely N-dealkylation sites (tertiary alicyclic amines) is 1. The van der Waals surface area contributed by atoms with Gasteiger partial charge < -0.3 is 24.4 Å². The molecule has 0 spiro atoms. The van der Waals surface area contributed by atoms with Gasteiger partial charge in [0.25, 0.3) is 17.4 Å². The first-order valence-corrected chi connectivity index (χ1v) is 10.3. The molecule has 1 N–H and O–H groups in total. The summed E-state index contributed by atoms with van der Waals surface area (Å²) < 4.78 is 17.2. The molecule has 1 aromatic rings. The molecule has 0 radical (unpaired) electrons. The van der Waals surface area contributed by atoms with E-state index < -0.39 is 41.3 Å². The first kappa shape index (κ1) is 22.2. The first-order valence-electron chi connectivity index (χ1n) is 10.3. The third-order valence-electron chi connectivity index (χ3n) is 5.81. The molecule has 0 aromatic heterocycles. The molecule has 164 valence electrons. The van der Waals surface area contributed by atoms with Gasteiger partial charge in [-0.15, -0.1) is 0 Å². The third kappa shape index (κ3) is 3.70. The fraction of sp³-hybridized carbons (Fsp3) is 0.591. The molecule has 0 aliphatic carbocycles. The van der Waals surface area contributed by atoms with E-state index >= 15 is 0 Å². The fourth-order valence-corrected chi connectivity index (χ4v) is 4.01. The van der Waals surface area contributed by atoms with Gasteiger partial charge in [0.05, 0.1) is 0 Å². The van der Waals surface area contributed by atoms with Crippen molar-refractivity contribution in [2.24, 2.45) is 5.92 Å². The van der Waals surface area contributed by atoms with Crippen molar-refractivity contribution >= 4 is 17.8 Å². The maximum absolute atomic E-state index is 13.2. The summed E-state index contributed by atoms with van der Waals surface area (Å²) in [5.41, 5.74) is -1.90. The molecule has 2 bridgehead atoms. The third-order valence-corrected chi connectivity index (χ3v) is 5.81. The van der Waals surface area contributed by atoms with Gasteiger partial charge in [0, 0.05) is 26.6 Å². The lowest BCUT2D eigenvalue weighted by Gasteiger charge is -2.35. The number of benzene rings is 1. The van der Waals surface area contributed by atoms with Gasteiger partial charge in [-0.1, -0.05) is 44.2 Å². The van der Waals surface area contributed by atoms with Gasteiger partial charge >= 0.3 is 5.97 Å². The second kappa shape index (κ2) is 8.35. The number of hydrogen-bond acceptors (Lipinski definition) is 6. The van der Waals surface area contributed by atoms with E-state index in [-0.39, 0.29) is 5.92 Å². The van der Waals surface area contributed by atoms with Crippen LogP contribution in [0.2, 0.25) is 0 Å². The minimum Gasteiger partial charge on any atom is -0.449 e. The molecule has 2 fully saturated rings. The standard InChI is InChI=1S/C22H30N2O6/c1-6-28-16-12-21(4)24(5)19(26)22(16,30-21)20(27)29-17(14(2)3)18(25)23-13-15-10-8-7-9-11-15/h7-11,14,16-17H,6,12-13H2,1-5H3,(H,23,25)/t16-,17+,21-,22+/m1/s1. The van der Waals surface area contributed by atoms with Crippen molar-refractivity contribution in [3.63, 3.8) is 0 Å². The number of ether oxygens (including phenoxy) is 3. The number of amides is 2. The predicted molar refractivity (Wildman–Crippen MR) is 108 cm³/mol. The molecule has 2 saturated heterocycles. The summed E-state index contributed by atoms with van der Waals surface area (Å²) in [6.45, 7) is 7.71. The van der Waals surface area contributed by atoms with Crippen molar-refractivity contribution in [3.05, 3.63) is 35.9 Å². The zero-order valence-electron chi connectivity index (χ0n) is 18.1. The molecule has 0 saturated carbocycles. The highest BCUT2D eigenvalue weighted by Gasteiger charge is 2.74. The largest absolute Gasteiger partial charge is 0.449 e. The van der Waals surface area contributed by atoms with Crippen molar-refractivity contribution in [2.75, 3.05) is 13.7 Å². The average Bonchev–Trinajstić information content (AvgIpc) is 3.13. The number of nitrogens with one attached hydrogen (secondary N) is 1. The molecular weight excluding hydrogens is 388 g/mol. The Morgan fingerprint density at radius 1 is 1.30 bits per heavy atom. The highest BCUT2D eigenvalue weighted by molar-refractivity contribution is 6.10. The maximum atomic E-state index is 13.2. The molecule has 8 nitrogen and oxygen atoms in total. The summed E-state index contributed by atoms with van der Waals surface area (Å²) in [5.74, 6) is -2.11. The van der Waals surface area contributed by atoms with Crippen LogP contribution in [0.15, 0.2) is 30.3 Å². The predicted octanol–water partition coefficient (Wildman–Crippen LogP) is 1.62. The molecule has 30 heavy (non-hydrogen) atoms. The number of likely N-dealkylation sites (N-methyl/N-ethyl adjacent to an activating group) is 1. The van der Waals surface area contributed by atoms with E-state index in [1.165, 1.54) is 4.90 Å². The molecule has 2 amide bonds. The smallest absolute Gasteiger partial charge is 0.352 e. The fourth-order valence-electron chi connectivity index (χ4n) is 4.01. The van der Waals surface area contributed by atoms with Crippen LogP contribution < -0.4 is 5.32 Å². The lowest BCUT2D eigenvalue weighted by Crippen LogP contribution is -2.60. The number of carbonyl (C=O) groups is 3. The van der Waals surface area contributed by atoms with Crippen LogP contribution in [0.3, 0.4) is 0 Å². The second-order valence-corrected chi connectivity index (χ2v) is 8.30.